The smallest absolute Gasteiger partial charge is 0.152 e. The topological polar surface area (TPSA) is 22.0 Å². The monoisotopic (exact) mass is 207 g/mol. The van der Waals surface area contributed by atoms with E-state index in [1.54, 1.807) is 6.07 Å². The van der Waals surface area contributed by atoms with Crippen molar-refractivity contribution >= 4 is 28.8 Å². The molecule has 1 aromatic carbocycles. The summed E-state index contributed by atoms with van der Waals surface area (Å²) in [6, 6.07) is 5.57. The molecule has 72 valence electrons. The van der Waals surface area contributed by atoms with E-state index in [0.29, 0.717) is 5.02 Å². The number of hydrogen-bond acceptors (Lipinski definition) is 1. The lowest BCUT2D eigenvalue weighted by molar-refractivity contribution is 0.112. The molecular weight excluding hydrogens is 198 g/mol. The maximum Gasteiger partial charge on any atom is 0.152 e. The first-order chi connectivity index (χ1) is 6.76. The van der Waals surface area contributed by atoms with Crippen molar-refractivity contribution in [3.8, 4) is 0 Å². The summed E-state index contributed by atoms with van der Waals surface area (Å²) in [5.74, 6) is 0. The Morgan fingerprint density at radius 3 is 2.93 bits per heavy atom. The molecule has 0 atom stereocenters. The number of halogens is 1. The molecule has 1 aromatic heterocycles. The standard InChI is InChI=1S/C11H10ClNO/c1-2-13-6-8(7-14)10-4-3-9(12)5-11(10)13/h3-7H,2H2,1H3. The van der Waals surface area contributed by atoms with E-state index < -0.39 is 0 Å². The van der Waals surface area contributed by atoms with E-state index in [9.17, 15) is 4.79 Å². The number of fused-ring (bicyclic) bond motifs is 1. The van der Waals surface area contributed by atoms with Crippen molar-refractivity contribution in [2.75, 3.05) is 0 Å². The van der Waals surface area contributed by atoms with Gasteiger partial charge in [-0.25, -0.2) is 0 Å². The molecule has 0 N–H and O–H groups in total. The van der Waals surface area contributed by atoms with Crippen LogP contribution >= 0.6 is 11.6 Å². The Labute approximate surface area is 87.1 Å². The van der Waals surface area contributed by atoms with E-state index in [0.717, 1.165) is 29.3 Å². The second-order valence-electron chi connectivity index (χ2n) is 3.15. The van der Waals surface area contributed by atoms with Gasteiger partial charge in [0.05, 0.1) is 5.52 Å². The Morgan fingerprint density at radius 1 is 1.50 bits per heavy atom. The van der Waals surface area contributed by atoms with Gasteiger partial charge in [0.2, 0.25) is 0 Å². The number of hydrogen-bond donors (Lipinski definition) is 0. The molecule has 2 nitrogen and oxygen atoms in total. The molecule has 0 unspecified atom stereocenters. The van der Waals surface area contributed by atoms with E-state index in [2.05, 4.69) is 0 Å². The maximum atomic E-state index is 10.8. The molecule has 0 amide bonds. The third kappa shape index (κ3) is 1.32. The van der Waals surface area contributed by atoms with Crippen LogP contribution in [0, 0.1) is 0 Å². The van der Waals surface area contributed by atoms with Crippen molar-refractivity contribution in [3.63, 3.8) is 0 Å². The molecule has 1 heterocycles. The summed E-state index contributed by atoms with van der Waals surface area (Å²) in [4.78, 5) is 10.8. The zero-order valence-electron chi connectivity index (χ0n) is 7.83. The number of aryl methyl sites for hydroxylation is 1. The summed E-state index contributed by atoms with van der Waals surface area (Å²) in [7, 11) is 0. The summed E-state index contributed by atoms with van der Waals surface area (Å²) >= 11 is 5.90. The Balaban J connectivity index is 2.82. The molecular formula is C11H10ClNO. The molecule has 0 spiro atoms. The summed E-state index contributed by atoms with van der Waals surface area (Å²) in [5.41, 5.74) is 1.74. The summed E-state index contributed by atoms with van der Waals surface area (Å²) in [6.45, 7) is 2.87. The number of benzene rings is 1. The molecule has 0 bridgehead atoms. The number of nitrogens with zero attached hydrogens (tertiary/aromatic N) is 1. The highest BCUT2D eigenvalue weighted by Crippen LogP contribution is 2.23. The van der Waals surface area contributed by atoms with Crippen molar-refractivity contribution in [1.29, 1.82) is 0 Å². The predicted molar refractivity (Wildman–Crippen MR) is 58.0 cm³/mol. The Hall–Kier alpha value is -1.28. The predicted octanol–water partition coefficient (Wildman–Crippen LogP) is 3.13. The molecule has 2 rings (SSSR count). The SMILES string of the molecule is CCn1cc(C=O)c2ccc(Cl)cc21. The third-order valence-electron chi connectivity index (χ3n) is 2.34. The highest BCUT2D eigenvalue weighted by Gasteiger charge is 2.06. The van der Waals surface area contributed by atoms with E-state index in [1.807, 2.05) is 29.8 Å². The van der Waals surface area contributed by atoms with Gasteiger partial charge in [-0.2, -0.15) is 0 Å². The van der Waals surface area contributed by atoms with Gasteiger partial charge in [0, 0.05) is 28.7 Å². The molecule has 0 fully saturated rings. The van der Waals surface area contributed by atoms with Crippen molar-refractivity contribution in [1.82, 2.24) is 4.57 Å². The summed E-state index contributed by atoms with van der Waals surface area (Å²) < 4.78 is 2.02. The lowest BCUT2D eigenvalue weighted by atomic mass is 10.2. The number of rotatable bonds is 2. The fourth-order valence-electron chi connectivity index (χ4n) is 1.65. The molecule has 2 aromatic rings. The molecule has 0 radical (unpaired) electrons. The first-order valence-corrected chi connectivity index (χ1v) is 4.87. The number of aromatic nitrogens is 1. The van der Waals surface area contributed by atoms with Crippen LogP contribution in [-0.2, 0) is 6.54 Å². The van der Waals surface area contributed by atoms with E-state index >= 15 is 0 Å². The molecule has 3 heteroatoms. The van der Waals surface area contributed by atoms with Crippen LogP contribution in [0.15, 0.2) is 24.4 Å². The van der Waals surface area contributed by atoms with E-state index in [-0.39, 0.29) is 0 Å². The zero-order chi connectivity index (χ0) is 10.1. The second-order valence-corrected chi connectivity index (χ2v) is 3.59. The van der Waals surface area contributed by atoms with Crippen LogP contribution in [-0.4, -0.2) is 10.9 Å². The van der Waals surface area contributed by atoms with Crippen LogP contribution in [0.2, 0.25) is 5.02 Å². The highest BCUT2D eigenvalue weighted by molar-refractivity contribution is 6.31. The van der Waals surface area contributed by atoms with Gasteiger partial charge >= 0.3 is 0 Å². The highest BCUT2D eigenvalue weighted by atomic mass is 35.5. The number of carbonyl (C=O) groups excluding carboxylic acids is 1. The van der Waals surface area contributed by atoms with E-state index in [4.69, 9.17) is 11.6 Å². The van der Waals surface area contributed by atoms with Crippen LogP contribution in [0.25, 0.3) is 10.9 Å². The van der Waals surface area contributed by atoms with Crippen LogP contribution in [0.5, 0.6) is 0 Å². The van der Waals surface area contributed by atoms with Gasteiger partial charge in [-0.15, -0.1) is 0 Å². The van der Waals surface area contributed by atoms with Crippen molar-refractivity contribution < 1.29 is 4.79 Å². The summed E-state index contributed by atoms with van der Waals surface area (Å²) in [5, 5.41) is 1.66. The van der Waals surface area contributed by atoms with Crippen molar-refractivity contribution in [2.24, 2.45) is 0 Å². The molecule has 0 aliphatic heterocycles. The van der Waals surface area contributed by atoms with Crippen LogP contribution in [0.4, 0.5) is 0 Å². The lowest BCUT2D eigenvalue weighted by Crippen LogP contribution is -1.90. The quantitative estimate of drug-likeness (QED) is 0.694. The van der Waals surface area contributed by atoms with Gasteiger partial charge in [0.1, 0.15) is 0 Å². The van der Waals surface area contributed by atoms with Gasteiger partial charge < -0.3 is 4.57 Å². The minimum absolute atomic E-state index is 0.697. The maximum absolute atomic E-state index is 10.8. The van der Waals surface area contributed by atoms with Crippen LogP contribution < -0.4 is 0 Å². The fraction of sp³-hybridized carbons (Fsp3) is 0.182. The molecule has 0 saturated carbocycles. The first-order valence-electron chi connectivity index (χ1n) is 4.50. The van der Waals surface area contributed by atoms with Crippen LogP contribution in [0.3, 0.4) is 0 Å². The minimum Gasteiger partial charge on any atom is -0.347 e. The van der Waals surface area contributed by atoms with Gasteiger partial charge in [0.25, 0.3) is 0 Å². The van der Waals surface area contributed by atoms with Gasteiger partial charge in [-0.05, 0) is 19.1 Å². The zero-order valence-corrected chi connectivity index (χ0v) is 8.58. The largest absolute Gasteiger partial charge is 0.347 e. The fourth-order valence-corrected chi connectivity index (χ4v) is 1.82. The van der Waals surface area contributed by atoms with Crippen LogP contribution in [0.1, 0.15) is 17.3 Å². The number of carbonyl (C=O) groups is 1. The Kier molecular flexibility index (Phi) is 2.30. The minimum atomic E-state index is 0.697. The second kappa shape index (κ2) is 3.46. The first kappa shape index (κ1) is 9.28. The van der Waals surface area contributed by atoms with Gasteiger partial charge in [-0.1, -0.05) is 17.7 Å². The van der Waals surface area contributed by atoms with Gasteiger partial charge in [-0.3, -0.25) is 4.79 Å². The van der Waals surface area contributed by atoms with Crippen molar-refractivity contribution in [3.05, 3.63) is 35.0 Å². The Morgan fingerprint density at radius 2 is 2.29 bits per heavy atom. The lowest BCUT2D eigenvalue weighted by Gasteiger charge is -1.99. The molecule has 0 saturated heterocycles. The third-order valence-corrected chi connectivity index (χ3v) is 2.58. The number of aldehydes is 1. The summed E-state index contributed by atoms with van der Waals surface area (Å²) in [6.07, 6.45) is 2.73. The van der Waals surface area contributed by atoms with Crippen molar-refractivity contribution in [2.45, 2.75) is 13.5 Å². The Bertz CT molecular complexity index is 487. The average Bonchev–Trinajstić information content (AvgIpc) is 2.55. The average molecular weight is 208 g/mol. The molecule has 0 aliphatic carbocycles. The molecule has 14 heavy (non-hydrogen) atoms. The van der Waals surface area contributed by atoms with Gasteiger partial charge in [0.15, 0.2) is 6.29 Å². The normalized spacial score (nSPS) is 10.7. The van der Waals surface area contributed by atoms with E-state index in [1.165, 1.54) is 0 Å². The molecule has 0 aliphatic rings.